The van der Waals surface area contributed by atoms with Gasteiger partial charge < -0.3 is 15.2 Å². The second-order valence-corrected chi connectivity index (χ2v) is 3.97. The first-order valence-electron chi connectivity index (χ1n) is 5.89. The van der Waals surface area contributed by atoms with Gasteiger partial charge in [-0.25, -0.2) is 4.39 Å². The molecule has 4 heteroatoms. The van der Waals surface area contributed by atoms with Crippen molar-refractivity contribution in [2.24, 2.45) is 0 Å². The van der Waals surface area contributed by atoms with E-state index in [4.69, 9.17) is 9.84 Å². The lowest BCUT2D eigenvalue weighted by atomic mass is 10.1. The van der Waals surface area contributed by atoms with Gasteiger partial charge in [0.2, 0.25) is 0 Å². The first-order valence-corrected chi connectivity index (χ1v) is 5.89. The Morgan fingerprint density at radius 3 is 2.82 bits per heavy atom. The van der Waals surface area contributed by atoms with Crippen molar-refractivity contribution in [3.63, 3.8) is 0 Å². The highest BCUT2D eigenvalue weighted by molar-refractivity contribution is 5.36. The Kier molecular flexibility index (Phi) is 5.94. The van der Waals surface area contributed by atoms with Crippen LogP contribution in [0.1, 0.15) is 31.4 Å². The summed E-state index contributed by atoms with van der Waals surface area (Å²) in [5, 5.41) is 11.7. The van der Waals surface area contributed by atoms with Crippen LogP contribution in [0.15, 0.2) is 18.2 Å². The molecule has 0 saturated carbocycles. The minimum Gasteiger partial charge on any atom is -0.493 e. The Balaban J connectivity index is 2.69. The van der Waals surface area contributed by atoms with E-state index < -0.39 is 0 Å². The van der Waals surface area contributed by atoms with Crippen LogP contribution in [-0.2, 0) is 0 Å². The van der Waals surface area contributed by atoms with Crippen molar-refractivity contribution in [3.05, 3.63) is 29.6 Å². The molecule has 0 aliphatic heterocycles. The molecule has 0 aromatic heterocycles. The maximum atomic E-state index is 13.2. The predicted molar refractivity (Wildman–Crippen MR) is 65.7 cm³/mol. The monoisotopic (exact) mass is 241 g/mol. The Bertz CT molecular complexity index is 344. The fraction of sp³-hybridized carbons (Fsp3) is 0.538. The molecule has 0 aliphatic carbocycles. The van der Waals surface area contributed by atoms with Crippen LogP contribution in [0.2, 0.25) is 0 Å². The fourth-order valence-corrected chi connectivity index (χ4v) is 1.54. The standard InChI is InChI=1S/C13H20FNO2/c1-10(15-2)12-9-11(14)5-6-13(12)17-8-4-3-7-16/h5-6,9-10,15-16H,3-4,7-8H2,1-2H3. The first-order chi connectivity index (χ1) is 8.19. The summed E-state index contributed by atoms with van der Waals surface area (Å²) in [6.45, 7) is 2.66. The van der Waals surface area contributed by atoms with Gasteiger partial charge in [0.25, 0.3) is 0 Å². The Hall–Kier alpha value is -1.13. The van der Waals surface area contributed by atoms with Crippen molar-refractivity contribution in [1.82, 2.24) is 5.32 Å². The number of aliphatic hydroxyl groups excluding tert-OH is 1. The summed E-state index contributed by atoms with van der Waals surface area (Å²) in [6.07, 6.45) is 1.51. The van der Waals surface area contributed by atoms with E-state index in [0.717, 1.165) is 18.4 Å². The van der Waals surface area contributed by atoms with Gasteiger partial charge in [-0.3, -0.25) is 0 Å². The normalized spacial score (nSPS) is 12.5. The van der Waals surface area contributed by atoms with Gasteiger partial charge >= 0.3 is 0 Å². The van der Waals surface area contributed by atoms with E-state index in [0.29, 0.717) is 12.4 Å². The van der Waals surface area contributed by atoms with Crippen LogP contribution < -0.4 is 10.1 Å². The van der Waals surface area contributed by atoms with Crippen LogP contribution in [0.4, 0.5) is 4.39 Å². The zero-order valence-corrected chi connectivity index (χ0v) is 10.4. The van der Waals surface area contributed by atoms with Gasteiger partial charge in [0, 0.05) is 18.2 Å². The van der Waals surface area contributed by atoms with E-state index in [1.807, 2.05) is 14.0 Å². The number of rotatable bonds is 7. The first kappa shape index (κ1) is 13.9. The molecule has 0 fully saturated rings. The second-order valence-electron chi connectivity index (χ2n) is 3.97. The molecular weight excluding hydrogens is 221 g/mol. The van der Waals surface area contributed by atoms with Crippen molar-refractivity contribution in [1.29, 1.82) is 0 Å². The van der Waals surface area contributed by atoms with Crippen molar-refractivity contribution >= 4 is 0 Å². The van der Waals surface area contributed by atoms with Crippen LogP contribution in [-0.4, -0.2) is 25.4 Å². The minimum absolute atomic E-state index is 0.0403. The average Bonchev–Trinajstić information content (AvgIpc) is 2.35. The minimum atomic E-state index is -0.259. The topological polar surface area (TPSA) is 41.5 Å². The van der Waals surface area contributed by atoms with Crippen LogP contribution in [0, 0.1) is 5.82 Å². The molecule has 17 heavy (non-hydrogen) atoms. The number of unbranched alkanes of at least 4 members (excludes halogenated alkanes) is 1. The highest BCUT2D eigenvalue weighted by Crippen LogP contribution is 2.26. The summed E-state index contributed by atoms with van der Waals surface area (Å²) in [5.41, 5.74) is 0.816. The smallest absolute Gasteiger partial charge is 0.124 e. The van der Waals surface area contributed by atoms with Crippen LogP contribution >= 0.6 is 0 Å². The number of nitrogens with one attached hydrogen (secondary N) is 1. The number of aliphatic hydroxyl groups is 1. The third-order valence-electron chi connectivity index (χ3n) is 2.68. The van der Waals surface area contributed by atoms with Gasteiger partial charge in [0.15, 0.2) is 0 Å². The van der Waals surface area contributed by atoms with E-state index in [1.54, 1.807) is 6.07 Å². The maximum Gasteiger partial charge on any atom is 0.124 e. The molecule has 96 valence electrons. The molecule has 3 nitrogen and oxygen atoms in total. The van der Waals surface area contributed by atoms with Gasteiger partial charge in [-0.2, -0.15) is 0 Å². The Morgan fingerprint density at radius 2 is 2.18 bits per heavy atom. The highest BCUT2D eigenvalue weighted by Gasteiger charge is 2.11. The summed E-state index contributed by atoms with van der Waals surface area (Å²) in [6, 6.07) is 4.58. The van der Waals surface area contributed by atoms with Crippen molar-refractivity contribution in [2.45, 2.75) is 25.8 Å². The molecule has 1 aromatic rings. The van der Waals surface area contributed by atoms with Gasteiger partial charge in [-0.05, 0) is 45.0 Å². The maximum absolute atomic E-state index is 13.2. The summed E-state index contributed by atoms with van der Waals surface area (Å²) in [4.78, 5) is 0. The van der Waals surface area contributed by atoms with E-state index in [2.05, 4.69) is 5.32 Å². The molecule has 0 aliphatic rings. The molecule has 0 heterocycles. The number of halogens is 1. The van der Waals surface area contributed by atoms with Crippen LogP contribution in [0.25, 0.3) is 0 Å². The molecule has 1 unspecified atom stereocenters. The van der Waals surface area contributed by atoms with E-state index in [1.165, 1.54) is 12.1 Å². The van der Waals surface area contributed by atoms with Gasteiger partial charge in [0.1, 0.15) is 11.6 Å². The van der Waals surface area contributed by atoms with Gasteiger partial charge in [-0.1, -0.05) is 0 Å². The highest BCUT2D eigenvalue weighted by atomic mass is 19.1. The largest absolute Gasteiger partial charge is 0.493 e. The van der Waals surface area contributed by atoms with Crippen LogP contribution in [0.5, 0.6) is 5.75 Å². The third kappa shape index (κ3) is 4.32. The lowest BCUT2D eigenvalue weighted by Gasteiger charge is -2.16. The lowest BCUT2D eigenvalue weighted by Crippen LogP contribution is -2.14. The lowest BCUT2D eigenvalue weighted by molar-refractivity contribution is 0.251. The number of hydrogen-bond acceptors (Lipinski definition) is 3. The number of hydrogen-bond donors (Lipinski definition) is 2. The Labute approximate surface area is 102 Å². The molecular formula is C13H20FNO2. The molecule has 0 amide bonds. The predicted octanol–water partition coefficient (Wildman–Crippen LogP) is 2.26. The number of ether oxygens (including phenoxy) is 1. The molecule has 0 spiro atoms. The summed E-state index contributed by atoms with van der Waals surface area (Å²) >= 11 is 0. The molecule has 1 aromatic carbocycles. The number of benzene rings is 1. The van der Waals surface area contributed by atoms with Crippen molar-refractivity contribution in [2.75, 3.05) is 20.3 Å². The molecule has 1 atom stereocenters. The summed E-state index contributed by atoms with van der Waals surface area (Å²) < 4.78 is 18.8. The zero-order valence-electron chi connectivity index (χ0n) is 10.4. The van der Waals surface area contributed by atoms with Gasteiger partial charge in [-0.15, -0.1) is 0 Å². The molecule has 1 rings (SSSR count). The fourth-order valence-electron chi connectivity index (χ4n) is 1.54. The average molecular weight is 241 g/mol. The van der Waals surface area contributed by atoms with E-state index >= 15 is 0 Å². The Morgan fingerprint density at radius 1 is 1.41 bits per heavy atom. The molecule has 2 N–H and O–H groups in total. The summed E-state index contributed by atoms with van der Waals surface area (Å²) in [5.74, 6) is 0.441. The summed E-state index contributed by atoms with van der Waals surface area (Å²) in [7, 11) is 1.82. The van der Waals surface area contributed by atoms with E-state index in [9.17, 15) is 4.39 Å². The molecule has 0 bridgehead atoms. The molecule has 0 saturated heterocycles. The van der Waals surface area contributed by atoms with Gasteiger partial charge in [0.05, 0.1) is 6.61 Å². The van der Waals surface area contributed by atoms with Crippen molar-refractivity contribution < 1.29 is 14.2 Å². The molecule has 0 radical (unpaired) electrons. The SMILES string of the molecule is CNC(C)c1cc(F)ccc1OCCCCO. The third-order valence-corrected chi connectivity index (χ3v) is 2.68. The van der Waals surface area contributed by atoms with Crippen LogP contribution in [0.3, 0.4) is 0 Å². The quantitative estimate of drug-likeness (QED) is 0.719. The van der Waals surface area contributed by atoms with Crippen molar-refractivity contribution in [3.8, 4) is 5.75 Å². The zero-order chi connectivity index (χ0) is 12.7. The van der Waals surface area contributed by atoms with E-state index in [-0.39, 0.29) is 18.5 Å². The second kappa shape index (κ2) is 7.25.